The highest BCUT2D eigenvalue weighted by Gasteiger charge is 2.15. The lowest BCUT2D eigenvalue weighted by Crippen LogP contribution is -2.31. The Kier molecular flexibility index (Phi) is 5.40. The molecule has 0 aliphatic carbocycles. The van der Waals surface area contributed by atoms with Gasteiger partial charge in [0.25, 0.3) is 0 Å². The number of amides is 1. The van der Waals surface area contributed by atoms with Crippen LogP contribution in [0.3, 0.4) is 0 Å². The first-order chi connectivity index (χ1) is 11.7. The van der Waals surface area contributed by atoms with Gasteiger partial charge in [-0.1, -0.05) is 18.9 Å². The highest BCUT2D eigenvalue weighted by atomic mass is 16.2. The Bertz CT molecular complexity index is 632. The average Bonchev–Trinajstić information content (AvgIpc) is 3.02. The van der Waals surface area contributed by atoms with Crippen molar-refractivity contribution in [1.29, 1.82) is 0 Å². The smallest absolute Gasteiger partial charge is 0.244 e. The zero-order chi connectivity index (χ0) is 16.8. The maximum Gasteiger partial charge on any atom is 0.244 e. The number of hydrogen-bond donors (Lipinski definition) is 1. The van der Waals surface area contributed by atoms with Crippen LogP contribution in [0, 0.1) is 0 Å². The van der Waals surface area contributed by atoms with E-state index < -0.39 is 0 Å². The molecule has 3 heterocycles. The normalized spacial score (nSPS) is 16.5. The summed E-state index contributed by atoms with van der Waals surface area (Å²) in [5.41, 5.74) is 0.993. The van der Waals surface area contributed by atoms with Crippen LogP contribution in [0.4, 0.5) is 5.82 Å². The molecule has 1 fully saturated rings. The van der Waals surface area contributed by atoms with Crippen molar-refractivity contribution in [3.63, 3.8) is 0 Å². The van der Waals surface area contributed by atoms with Crippen molar-refractivity contribution in [1.82, 2.24) is 25.1 Å². The van der Waals surface area contributed by atoms with Gasteiger partial charge in [-0.05, 0) is 31.4 Å². The topological polar surface area (TPSA) is 75.9 Å². The van der Waals surface area contributed by atoms with Gasteiger partial charge in [-0.2, -0.15) is 5.10 Å². The van der Waals surface area contributed by atoms with Crippen molar-refractivity contribution in [2.45, 2.75) is 45.2 Å². The van der Waals surface area contributed by atoms with Crippen molar-refractivity contribution < 1.29 is 4.79 Å². The van der Waals surface area contributed by atoms with Gasteiger partial charge in [0.05, 0.1) is 0 Å². The molecule has 0 aromatic carbocycles. The van der Waals surface area contributed by atoms with Crippen molar-refractivity contribution >= 4 is 11.7 Å². The fourth-order valence-electron chi connectivity index (χ4n) is 2.88. The number of nitrogens with zero attached hydrogens (tertiary/aromatic N) is 5. The van der Waals surface area contributed by atoms with Gasteiger partial charge in [-0.25, -0.2) is 14.6 Å². The van der Waals surface area contributed by atoms with E-state index in [1.54, 1.807) is 13.3 Å². The zero-order valence-corrected chi connectivity index (χ0v) is 14.1. The van der Waals surface area contributed by atoms with E-state index in [0.717, 1.165) is 24.5 Å². The second kappa shape index (κ2) is 7.90. The largest absolute Gasteiger partial charge is 0.357 e. The quantitative estimate of drug-likeness (QED) is 0.907. The molecule has 24 heavy (non-hydrogen) atoms. The van der Waals surface area contributed by atoms with Crippen LogP contribution < -0.4 is 10.2 Å². The Morgan fingerprint density at radius 2 is 2.04 bits per heavy atom. The first-order valence-corrected chi connectivity index (χ1v) is 8.56. The van der Waals surface area contributed by atoms with Crippen LogP contribution in [-0.2, 0) is 11.3 Å². The lowest BCUT2D eigenvalue weighted by Gasteiger charge is -2.21. The van der Waals surface area contributed by atoms with Gasteiger partial charge in [-0.15, -0.1) is 0 Å². The van der Waals surface area contributed by atoms with E-state index in [4.69, 9.17) is 0 Å². The fourth-order valence-corrected chi connectivity index (χ4v) is 2.88. The van der Waals surface area contributed by atoms with Crippen molar-refractivity contribution in [3.8, 4) is 0 Å². The van der Waals surface area contributed by atoms with Gasteiger partial charge < -0.3 is 10.2 Å². The molecule has 0 bridgehead atoms. The summed E-state index contributed by atoms with van der Waals surface area (Å²) >= 11 is 0. The molecular weight excluding hydrogens is 304 g/mol. The molecule has 128 valence electrons. The Labute approximate surface area is 142 Å². The van der Waals surface area contributed by atoms with Crippen LogP contribution >= 0.6 is 0 Å². The van der Waals surface area contributed by atoms with E-state index in [9.17, 15) is 4.79 Å². The highest BCUT2D eigenvalue weighted by molar-refractivity contribution is 5.79. The van der Waals surface area contributed by atoms with Gasteiger partial charge in [0.15, 0.2) is 0 Å². The maximum absolute atomic E-state index is 12.1. The molecule has 0 saturated carbocycles. The van der Waals surface area contributed by atoms with Crippen LogP contribution in [0.25, 0.3) is 0 Å². The number of carbonyl (C=O) groups excluding carboxylic acids is 1. The maximum atomic E-state index is 12.1. The number of anilines is 1. The van der Waals surface area contributed by atoms with Gasteiger partial charge in [0.1, 0.15) is 24.5 Å². The van der Waals surface area contributed by atoms with E-state index in [0.29, 0.717) is 6.54 Å². The minimum Gasteiger partial charge on any atom is -0.357 e. The van der Waals surface area contributed by atoms with Crippen LogP contribution in [0.1, 0.15) is 44.2 Å². The van der Waals surface area contributed by atoms with Crippen LogP contribution in [0.15, 0.2) is 31.0 Å². The zero-order valence-electron chi connectivity index (χ0n) is 14.1. The lowest BCUT2D eigenvalue weighted by atomic mass is 10.2. The molecule has 7 nitrogen and oxygen atoms in total. The fraction of sp³-hybridized carbons (Fsp3) is 0.529. The van der Waals surface area contributed by atoms with E-state index in [2.05, 4.69) is 25.3 Å². The molecule has 1 N–H and O–H groups in total. The van der Waals surface area contributed by atoms with Gasteiger partial charge in [0, 0.05) is 25.8 Å². The van der Waals surface area contributed by atoms with Gasteiger partial charge in [-0.3, -0.25) is 4.79 Å². The van der Waals surface area contributed by atoms with Gasteiger partial charge >= 0.3 is 0 Å². The number of carbonyl (C=O) groups is 1. The summed E-state index contributed by atoms with van der Waals surface area (Å²) in [7, 11) is 0. The third-order valence-electron chi connectivity index (χ3n) is 4.42. The van der Waals surface area contributed by atoms with Crippen molar-refractivity contribution in [2.75, 3.05) is 18.0 Å². The highest BCUT2D eigenvalue weighted by Crippen LogP contribution is 2.17. The summed E-state index contributed by atoms with van der Waals surface area (Å²) in [5.74, 6) is 0.944. The monoisotopic (exact) mass is 328 g/mol. The number of nitrogens with one attached hydrogen (secondary N) is 1. The second-order valence-corrected chi connectivity index (χ2v) is 6.20. The molecule has 3 rings (SSSR count). The Morgan fingerprint density at radius 3 is 2.67 bits per heavy atom. The summed E-state index contributed by atoms with van der Waals surface area (Å²) < 4.78 is 1.54. The summed E-state index contributed by atoms with van der Waals surface area (Å²) in [6.45, 7) is 4.42. The molecule has 0 radical (unpaired) electrons. The molecule has 1 saturated heterocycles. The van der Waals surface area contributed by atoms with E-state index >= 15 is 0 Å². The number of hydrogen-bond acceptors (Lipinski definition) is 5. The molecule has 0 unspecified atom stereocenters. The third-order valence-corrected chi connectivity index (χ3v) is 4.42. The minimum atomic E-state index is -0.378. The van der Waals surface area contributed by atoms with Crippen LogP contribution in [0.2, 0.25) is 0 Å². The van der Waals surface area contributed by atoms with E-state index in [1.807, 2.05) is 18.3 Å². The molecular formula is C17H24N6O. The van der Waals surface area contributed by atoms with Gasteiger partial charge in [0.2, 0.25) is 5.91 Å². The Balaban J connectivity index is 1.53. The predicted octanol–water partition coefficient (Wildman–Crippen LogP) is 1.93. The Morgan fingerprint density at radius 1 is 1.25 bits per heavy atom. The number of pyridine rings is 1. The predicted molar refractivity (Wildman–Crippen MR) is 91.5 cm³/mol. The first kappa shape index (κ1) is 16.4. The summed E-state index contributed by atoms with van der Waals surface area (Å²) in [4.78, 5) is 22.9. The number of rotatable bonds is 5. The summed E-state index contributed by atoms with van der Waals surface area (Å²) in [5, 5.41) is 6.90. The Hall–Kier alpha value is -2.44. The van der Waals surface area contributed by atoms with Crippen molar-refractivity contribution in [3.05, 3.63) is 36.5 Å². The second-order valence-electron chi connectivity index (χ2n) is 6.20. The molecule has 1 amide bonds. The van der Waals surface area contributed by atoms with Crippen LogP contribution in [-0.4, -0.2) is 38.7 Å². The standard InChI is InChI=1S/C17H24N6O/c1-14(23-13-18-12-21-23)17(24)20-11-15-6-7-16(19-10-15)22-8-4-2-3-5-9-22/h6-7,10,12-14H,2-5,8-9,11H2,1H3,(H,20,24)/t14-/m1/s1. The molecule has 7 heteroatoms. The number of aromatic nitrogens is 4. The molecule has 1 aliphatic rings. The van der Waals surface area contributed by atoms with Crippen molar-refractivity contribution in [2.24, 2.45) is 0 Å². The average molecular weight is 328 g/mol. The van der Waals surface area contributed by atoms with E-state index in [1.165, 1.54) is 36.7 Å². The lowest BCUT2D eigenvalue weighted by molar-refractivity contribution is -0.124. The SMILES string of the molecule is C[C@H](C(=O)NCc1ccc(N2CCCCCC2)nc1)n1cncn1. The molecule has 2 aromatic heterocycles. The summed E-state index contributed by atoms with van der Waals surface area (Å²) in [6.07, 6.45) is 9.91. The summed E-state index contributed by atoms with van der Waals surface area (Å²) in [6, 6.07) is 3.71. The molecule has 1 atom stereocenters. The molecule has 0 spiro atoms. The van der Waals surface area contributed by atoms with Crippen LogP contribution in [0.5, 0.6) is 0 Å². The third kappa shape index (κ3) is 4.10. The molecule has 1 aliphatic heterocycles. The first-order valence-electron chi connectivity index (χ1n) is 8.56. The molecule has 2 aromatic rings. The van der Waals surface area contributed by atoms with E-state index in [-0.39, 0.29) is 11.9 Å². The minimum absolute atomic E-state index is 0.0860.